The van der Waals surface area contributed by atoms with E-state index in [-0.39, 0.29) is 0 Å². The molecule has 1 atom stereocenters. The zero-order chi connectivity index (χ0) is 17.5. The predicted molar refractivity (Wildman–Crippen MR) is 104 cm³/mol. The van der Waals surface area contributed by atoms with Gasteiger partial charge in [0.15, 0.2) is 0 Å². The van der Waals surface area contributed by atoms with Crippen molar-refractivity contribution in [3.8, 4) is 11.5 Å². The second-order valence-electron chi connectivity index (χ2n) is 6.69. The van der Waals surface area contributed by atoms with E-state index in [1.54, 1.807) is 0 Å². The van der Waals surface area contributed by atoms with Gasteiger partial charge in [-0.25, -0.2) is 0 Å². The molecule has 0 radical (unpaired) electrons. The molecule has 1 N–H and O–H groups in total. The zero-order valence-electron chi connectivity index (χ0n) is 15.4. The molecule has 1 aliphatic rings. The molecule has 0 bridgehead atoms. The molecule has 0 saturated carbocycles. The molecular weight excluding hydrogens is 310 g/mol. The largest absolute Gasteiger partial charge is 0.494 e. The maximum atomic E-state index is 5.83. The van der Waals surface area contributed by atoms with Crippen LogP contribution in [0.25, 0.3) is 0 Å². The highest BCUT2D eigenvalue weighted by molar-refractivity contribution is 5.60. The van der Waals surface area contributed by atoms with Gasteiger partial charge in [-0.1, -0.05) is 38.8 Å². The van der Waals surface area contributed by atoms with E-state index in [0.717, 1.165) is 56.8 Å². The monoisotopic (exact) mass is 339 g/mol. The molecule has 134 valence electrons. The number of benzene rings is 2. The van der Waals surface area contributed by atoms with Crippen molar-refractivity contribution in [3.63, 3.8) is 0 Å². The second kappa shape index (κ2) is 8.80. The number of unbranched alkanes of at least 4 members (excludes halogenated alkanes) is 2. The Morgan fingerprint density at radius 1 is 0.880 bits per heavy atom. The first-order valence-corrected chi connectivity index (χ1v) is 9.55. The van der Waals surface area contributed by atoms with E-state index < -0.39 is 0 Å². The van der Waals surface area contributed by atoms with E-state index >= 15 is 0 Å². The lowest BCUT2D eigenvalue weighted by molar-refractivity contribution is 0.309. The Kier molecular flexibility index (Phi) is 6.21. The Morgan fingerprint density at radius 3 is 2.20 bits per heavy atom. The highest BCUT2D eigenvalue weighted by Gasteiger charge is 2.22. The van der Waals surface area contributed by atoms with Gasteiger partial charge in [0.1, 0.15) is 11.5 Å². The summed E-state index contributed by atoms with van der Waals surface area (Å²) in [6.45, 7) is 5.95. The summed E-state index contributed by atoms with van der Waals surface area (Å²) in [5.74, 6) is 1.94. The summed E-state index contributed by atoms with van der Waals surface area (Å²) in [4.78, 5) is 0. The van der Waals surface area contributed by atoms with Crippen molar-refractivity contribution in [1.82, 2.24) is 0 Å². The minimum Gasteiger partial charge on any atom is -0.494 e. The van der Waals surface area contributed by atoms with Crippen molar-refractivity contribution < 1.29 is 9.47 Å². The molecule has 0 fully saturated rings. The van der Waals surface area contributed by atoms with Gasteiger partial charge in [0.05, 0.1) is 19.3 Å². The Bertz CT molecular complexity index is 666. The molecule has 0 amide bonds. The quantitative estimate of drug-likeness (QED) is 0.590. The van der Waals surface area contributed by atoms with Crippen LogP contribution in [0.5, 0.6) is 11.5 Å². The third kappa shape index (κ3) is 4.68. The smallest absolute Gasteiger partial charge is 0.119 e. The molecule has 0 saturated heterocycles. The number of anilines is 1. The van der Waals surface area contributed by atoms with Crippen LogP contribution in [0.15, 0.2) is 42.5 Å². The molecule has 2 aromatic carbocycles. The highest BCUT2D eigenvalue weighted by Crippen LogP contribution is 2.36. The van der Waals surface area contributed by atoms with Gasteiger partial charge < -0.3 is 14.8 Å². The zero-order valence-corrected chi connectivity index (χ0v) is 15.4. The first-order valence-electron chi connectivity index (χ1n) is 9.55. The van der Waals surface area contributed by atoms with Crippen LogP contribution in [-0.2, 0) is 6.42 Å². The Morgan fingerprint density at radius 2 is 1.52 bits per heavy atom. The Hall–Kier alpha value is -2.16. The maximum Gasteiger partial charge on any atom is 0.119 e. The SMILES string of the molecule is CCCCOc1ccc(C2Cc3cc(OCCCC)ccc3N2)cc1. The summed E-state index contributed by atoms with van der Waals surface area (Å²) in [6.07, 6.45) is 5.52. The van der Waals surface area contributed by atoms with Gasteiger partial charge in [0, 0.05) is 5.69 Å². The molecule has 3 nitrogen and oxygen atoms in total. The molecule has 3 heteroatoms. The summed E-state index contributed by atoms with van der Waals surface area (Å²) in [5.41, 5.74) is 3.85. The lowest BCUT2D eigenvalue weighted by Crippen LogP contribution is -2.05. The van der Waals surface area contributed by atoms with Crippen molar-refractivity contribution in [2.24, 2.45) is 0 Å². The van der Waals surface area contributed by atoms with Crippen LogP contribution in [-0.4, -0.2) is 13.2 Å². The number of nitrogens with one attached hydrogen (secondary N) is 1. The third-order valence-electron chi connectivity index (χ3n) is 4.65. The van der Waals surface area contributed by atoms with Gasteiger partial charge in [0.25, 0.3) is 0 Å². The van der Waals surface area contributed by atoms with Crippen molar-refractivity contribution in [1.29, 1.82) is 0 Å². The van der Waals surface area contributed by atoms with Crippen LogP contribution in [0, 0.1) is 0 Å². The minimum atomic E-state index is 0.325. The second-order valence-corrected chi connectivity index (χ2v) is 6.69. The lowest BCUT2D eigenvalue weighted by atomic mass is 10.0. The summed E-state index contributed by atoms with van der Waals surface area (Å²) in [5, 5.41) is 3.62. The predicted octanol–water partition coefficient (Wildman–Crippen LogP) is 5.75. The van der Waals surface area contributed by atoms with Gasteiger partial charge in [-0.15, -0.1) is 0 Å². The number of fused-ring (bicyclic) bond motifs is 1. The van der Waals surface area contributed by atoms with E-state index in [9.17, 15) is 0 Å². The van der Waals surface area contributed by atoms with Gasteiger partial charge in [-0.05, 0) is 60.7 Å². The molecule has 1 heterocycles. The van der Waals surface area contributed by atoms with E-state index in [2.05, 4.69) is 61.6 Å². The number of ether oxygens (including phenoxy) is 2. The van der Waals surface area contributed by atoms with Gasteiger partial charge in [-0.3, -0.25) is 0 Å². The van der Waals surface area contributed by atoms with E-state index in [1.807, 2.05) is 0 Å². The fourth-order valence-electron chi connectivity index (χ4n) is 3.09. The summed E-state index contributed by atoms with van der Waals surface area (Å²) < 4.78 is 11.6. The van der Waals surface area contributed by atoms with E-state index in [0.29, 0.717) is 6.04 Å². The fraction of sp³-hybridized carbons (Fsp3) is 0.455. The number of rotatable bonds is 9. The first kappa shape index (κ1) is 17.7. The topological polar surface area (TPSA) is 30.5 Å². The lowest BCUT2D eigenvalue weighted by Gasteiger charge is -2.13. The number of hydrogen-bond donors (Lipinski definition) is 1. The first-order chi connectivity index (χ1) is 12.3. The maximum absolute atomic E-state index is 5.83. The van der Waals surface area contributed by atoms with Crippen LogP contribution in [0.1, 0.15) is 56.7 Å². The summed E-state index contributed by atoms with van der Waals surface area (Å²) in [6, 6.07) is 15.2. The molecule has 25 heavy (non-hydrogen) atoms. The third-order valence-corrected chi connectivity index (χ3v) is 4.65. The average Bonchev–Trinajstić information content (AvgIpc) is 3.06. The van der Waals surface area contributed by atoms with Crippen molar-refractivity contribution in [3.05, 3.63) is 53.6 Å². The van der Waals surface area contributed by atoms with Crippen LogP contribution < -0.4 is 14.8 Å². The molecule has 0 spiro atoms. The summed E-state index contributed by atoms with van der Waals surface area (Å²) in [7, 11) is 0. The van der Waals surface area contributed by atoms with Crippen LogP contribution >= 0.6 is 0 Å². The summed E-state index contributed by atoms with van der Waals surface area (Å²) >= 11 is 0. The van der Waals surface area contributed by atoms with E-state index in [1.165, 1.54) is 16.8 Å². The molecule has 2 aromatic rings. The van der Waals surface area contributed by atoms with Gasteiger partial charge >= 0.3 is 0 Å². The Labute approximate surface area is 151 Å². The van der Waals surface area contributed by atoms with Gasteiger partial charge in [-0.2, -0.15) is 0 Å². The Balaban J connectivity index is 1.59. The van der Waals surface area contributed by atoms with Crippen molar-refractivity contribution in [2.45, 2.75) is 52.0 Å². The molecule has 3 rings (SSSR count). The standard InChI is InChI=1S/C22H29NO2/c1-3-5-13-24-19-9-7-17(8-10-19)22-16-18-15-20(25-14-6-4-2)11-12-21(18)23-22/h7-12,15,22-23H,3-6,13-14,16H2,1-2H3. The van der Waals surface area contributed by atoms with Crippen LogP contribution in [0.4, 0.5) is 5.69 Å². The van der Waals surface area contributed by atoms with Crippen LogP contribution in [0.2, 0.25) is 0 Å². The van der Waals surface area contributed by atoms with Crippen molar-refractivity contribution in [2.75, 3.05) is 18.5 Å². The van der Waals surface area contributed by atoms with Crippen LogP contribution in [0.3, 0.4) is 0 Å². The normalized spacial score (nSPS) is 15.5. The molecule has 1 aliphatic heterocycles. The molecule has 1 unspecified atom stereocenters. The highest BCUT2D eigenvalue weighted by atomic mass is 16.5. The van der Waals surface area contributed by atoms with Crippen molar-refractivity contribution >= 4 is 5.69 Å². The van der Waals surface area contributed by atoms with E-state index in [4.69, 9.17) is 9.47 Å². The molecule has 0 aliphatic carbocycles. The average molecular weight is 339 g/mol. The molecule has 0 aromatic heterocycles. The molecular formula is C22H29NO2. The van der Waals surface area contributed by atoms with Gasteiger partial charge in [0.2, 0.25) is 0 Å². The number of hydrogen-bond acceptors (Lipinski definition) is 3. The minimum absolute atomic E-state index is 0.325. The fourth-order valence-corrected chi connectivity index (χ4v) is 3.09.